The number of aliphatic hydroxyl groups is 1. The molecule has 0 radical (unpaired) electrons. The maximum atomic E-state index is 11.6. The molecule has 0 spiro atoms. The Morgan fingerprint density at radius 2 is 1.94 bits per heavy atom. The lowest BCUT2D eigenvalue weighted by Crippen LogP contribution is -2.39. The van der Waals surface area contributed by atoms with Crippen molar-refractivity contribution in [1.29, 1.82) is 0 Å². The fourth-order valence-electron chi connectivity index (χ4n) is 1.24. The fraction of sp³-hybridized carbons (Fsp3) is 1.00. The van der Waals surface area contributed by atoms with Gasteiger partial charge in [0.05, 0.1) is 0 Å². The van der Waals surface area contributed by atoms with E-state index in [1.165, 1.54) is 11.4 Å². The Morgan fingerprint density at radius 1 is 1.31 bits per heavy atom. The second-order valence-electron chi connectivity index (χ2n) is 4.33. The third-order valence-electron chi connectivity index (χ3n) is 2.28. The summed E-state index contributed by atoms with van der Waals surface area (Å²) in [4.78, 5) is 0. The van der Waals surface area contributed by atoms with E-state index in [0.29, 0.717) is 25.4 Å². The zero-order chi connectivity index (χ0) is 12.6. The Morgan fingerprint density at radius 3 is 2.44 bits per heavy atom. The van der Waals surface area contributed by atoms with Gasteiger partial charge in [0, 0.05) is 26.7 Å². The number of nitrogens with one attached hydrogen (secondary N) is 1. The average Bonchev–Trinajstić information content (AvgIpc) is 2.20. The molecule has 0 aromatic carbocycles. The summed E-state index contributed by atoms with van der Waals surface area (Å²) >= 11 is 0. The summed E-state index contributed by atoms with van der Waals surface area (Å²) in [5.41, 5.74) is 0. The first-order valence-electron chi connectivity index (χ1n) is 5.72. The molecule has 0 aliphatic heterocycles. The van der Waals surface area contributed by atoms with Crippen LogP contribution in [0, 0.1) is 5.92 Å². The van der Waals surface area contributed by atoms with Crippen molar-refractivity contribution in [3.63, 3.8) is 0 Å². The van der Waals surface area contributed by atoms with E-state index >= 15 is 0 Å². The molecule has 0 rings (SSSR count). The molecular formula is C10H24N2O3S. The second-order valence-corrected chi connectivity index (χ2v) is 6.20. The van der Waals surface area contributed by atoms with Crippen LogP contribution in [0.15, 0.2) is 0 Å². The van der Waals surface area contributed by atoms with Gasteiger partial charge in [0.1, 0.15) is 0 Å². The number of hydrogen-bond acceptors (Lipinski definition) is 3. The first-order valence-corrected chi connectivity index (χ1v) is 7.16. The van der Waals surface area contributed by atoms with Crippen molar-refractivity contribution in [2.75, 3.05) is 26.7 Å². The molecule has 0 saturated heterocycles. The van der Waals surface area contributed by atoms with E-state index in [4.69, 9.17) is 5.11 Å². The third-order valence-corrected chi connectivity index (χ3v) is 3.86. The molecule has 0 unspecified atom stereocenters. The van der Waals surface area contributed by atoms with E-state index < -0.39 is 10.2 Å². The van der Waals surface area contributed by atoms with Crippen molar-refractivity contribution in [3.8, 4) is 0 Å². The van der Waals surface area contributed by atoms with Crippen molar-refractivity contribution in [3.05, 3.63) is 0 Å². The zero-order valence-electron chi connectivity index (χ0n) is 10.4. The molecule has 0 fully saturated rings. The number of hydrogen-bond donors (Lipinski definition) is 2. The maximum absolute atomic E-state index is 11.6. The molecular weight excluding hydrogens is 228 g/mol. The lowest BCUT2D eigenvalue weighted by molar-refractivity contribution is 0.275. The Kier molecular flexibility index (Phi) is 7.91. The lowest BCUT2D eigenvalue weighted by Gasteiger charge is -2.17. The molecule has 0 saturated carbocycles. The lowest BCUT2D eigenvalue weighted by atomic mass is 10.1. The van der Waals surface area contributed by atoms with Gasteiger partial charge in [-0.15, -0.1) is 0 Å². The fourth-order valence-corrected chi connectivity index (χ4v) is 2.23. The Hall–Kier alpha value is -0.170. The van der Waals surface area contributed by atoms with Crippen LogP contribution in [0.4, 0.5) is 0 Å². The second kappa shape index (κ2) is 8.00. The van der Waals surface area contributed by atoms with Gasteiger partial charge in [0.2, 0.25) is 0 Å². The number of rotatable bonds is 9. The van der Waals surface area contributed by atoms with Crippen molar-refractivity contribution in [1.82, 2.24) is 9.03 Å². The van der Waals surface area contributed by atoms with Gasteiger partial charge in [-0.25, -0.2) is 4.72 Å². The smallest absolute Gasteiger partial charge is 0.279 e. The van der Waals surface area contributed by atoms with Crippen LogP contribution in [-0.2, 0) is 10.2 Å². The predicted molar refractivity (Wildman–Crippen MR) is 65.3 cm³/mol. The summed E-state index contributed by atoms with van der Waals surface area (Å²) < 4.78 is 27.0. The van der Waals surface area contributed by atoms with Gasteiger partial charge in [-0.05, 0) is 25.2 Å². The van der Waals surface area contributed by atoms with Gasteiger partial charge in [0.15, 0.2) is 0 Å². The minimum absolute atomic E-state index is 0.00715. The van der Waals surface area contributed by atoms with E-state index in [2.05, 4.69) is 18.6 Å². The Bertz CT molecular complexity index is 265. The van der Waals surface area contributed by atoms with Crippen LogP contribution >= 0.6 is 0 Å². The molecule has 0 aromatic rings. The number of nitrogens with zero attached hydrogens (tertiary/aromatic N) is 1. The minimum Gasteiger partial charge on any atom is -0.396 e. The highest BCUT2D eigenvalue weighted by Crippen LogP contribution is 2.03. The van der Waals surface area contributed by atoms with Gasteiger partial charge in [-0.3, -0.25) is 0 Å². The van der Waals surface area contributed by atoms with Crippen molar-refractivity contribution in [2.24, 2.45) is 5.92 Å². The van der Waals surface area contributed by atoms with Crippen LogP contribution in [0.3, 0.4) is 0 Å². The van der Waals surface area contributed by atoms with Gasteiger partial charge in [0.25, 0.3) is 10.2 Å². The standard InChI is InChI=1S/C10H24N2O3S/c1-10(2)6-4-7-11-16(14,15)12(3)8-5-9-13/h10-11,13H,4-9H2,1-3H3. The van der Waals surface area contributed by atoms with Crippen LogP contribution in [0.1, 0.15) is 33.1 Å². The SMILES string of the molecule is CC(C)CCCNS(=O)(=O)N(C)CCCO. The van der Waals surface area contributed by atoms with Crippen LogP contribution in [-0.4, -0.2) is 44.6 Å². The topological polar surface area (TPSA) is 69.6 Å². The first kappa shape index (κ1) is 15.8. The first-order chi connectivity index (χ1) is 7.40. The molecule has 0 bridgehead atoms. The molecule has 16 heavy (non-hydrogen) atoms. The molecule has 0 amide bonds. The van der Waals surface area contributed by atoms with Crippen LogP contribution < -0.4 is 4.72 Å². The molecule has 98 valence electrons. The largest absolute Gasteiger partial charge is 0.396 e. The van der Waals surface area contributed by atoms with Crippen molar-refractivity contribution < 1.29 is 13.5 Å². The summed E-state index contributed by atoms with van der Waals surface area (Å²) in [6.07, 6.45) is 2.33. The molecule has 0 aliphatic carbocycles. The summed E-state index contributed by atoms with van der Waals surface area (Å²) in [5, 5.41) is 8.61. The summed E-state index contributed by atoms with van der Waals surface area (Å²) in [6.45, 7) is 5.05. The number of aliphatic hydroxyl groups excluding tert-OH is 1. The summed E-state index contributed by atoms with van der Waals surface area (Å²) in [6, 6.07) is 0. The zero-order valence-corrected chi connectivity index (χ0v) is 11.3. The van der Waals surface area contributed by atoms with Crippen molar-refractivity contribution >= 4 is 10.2 Å². The Balaban J connectivity index is 3.86. The van der Waals surface area contributed by atoms with Gasteiger partial charge in [-0.2, -0.15) is 12.7 Å². The van der Waals surface area contributed by atoms with Crippen LogP contribution in [0.2, 0.25) is 0 Å². The van der Waals surface area contributed by atoms with Crippen molar-refractivity contribution in [2.45, 2.75) is 33.1 Å². The molecule has 5 nitrogen and oxygen atoms in total. The highest BCUT2D eigenvalue weighted by atomic mass is 32.2. The molecule has 2 N–H and O–H groups in total. The Labute approximate surface area is 99.0 Å². The quantitative estimate of drug-likeness (QED) is 0.589. The molecule has 0 aromatic heterocycles. The molecule has 0 aliphatic rings. The van der Waals surface area contributed by atoms with Crippen LogP contribution in [0.5, 0.6) is 0 Å². The monoisotopic (exact) mass is 252 g/mol. The van der Waals surface area contributed by atoms with E-state index in [0.717, 1.165) is 12.8 Å². The molecule has 0 atom stereocenters. The van der Waals surface area contributed by atoms with Gasteiger partial charge < -0.3 is 5.11 Å². The predicted octanol–water partition coefficient (Wildman–Crippen LogP) is 0.571. The highest BCUT2D eigenvalue weighted by molar-refractivity contribution is 7.87. The third kappa shape index (κ3) is 7.16. The van der Waals surface area contributed by atoms with E-state index in [1.807, 2.05) is 0 Å². The van der Waals surface area contributed by atoms with Crippen LogP contribution in [0.25, 0.3) is 0 Å². The van der Waals surface area contributed by atoms with Gasteiger partial charge in [-0.1, -0.05) is 13.8 Å². The average molecular weight is 252 g/mol. The normalized spacial score (nSPS) is 12.6. The van der Waals surface area contributed by atoms with E-state index in [-0.39, 0.29) is 6.61 Å². The highest BCUT2D eigenvalue weighted by Gasteiger charge is 2.15. The maximum Gasteiger partial charge on any atom is 0.279 e. The summed E-state index contributed by atoms with van der Waals surface area (Å²) in [5.74, 6) is 0.594. The van der Waals surface area contributed by atoms with E-state index in [1.54, 1.807) is 0 Å². The van der Waals surface area contributed by atoms with E-state index in [9.17, 15) is 8.42 Å². The molecule has 6 heteroatoms. The van der Waals surface area contributed by atoms with Gasteiger partial charge >= 0.3 is 0 Å². The minimum atomic E-state index is -3.36. The molecule has 0 heterocycles. The summed E-state index contributed by atoms with van der Waals surface area (Å²) in [7, 11) is -1.84.